The number of hydrogen-bond acceptors (Lipinski definition) is 2. The topological polar surface area (TPSA) is 30.2 Å². The Hall–Kier alpha value is -2.35. The minimum Gasteiger partial charge on any atom is -0.458 e. The number of Topliss-reactive ketones (excluding diaryl/α,β-unsaturated/α-hetero) is 1. The van der Waals surface area contributed by atoms with Crippen LogP contribution in [0.2, 0.25) is 0 Å². The van der Waals surface area contributed by atoms with Gasteiger partial charge in [-0.15, -0.1) is 0 Å². The number of rotatable bonds is 4. The molecule has 0 fully saturated rings. The van der Waals surface area contributed by atoms with Gasteiger partial charge in [-0.05, 0) is 28.5 Å². The number of fused-ring (bicyclic) bond motifs is 1. The van der Waals surface area contributed by atoms with Gasteiger partial charge in [0.25, 0.3) is 0 Å². The molecule has 2 aromatic carbocycles. The van der Waals surface area contributed by atoms with E-state index < -0.39 is 0 Å². The first kappa shape index (κ1) is 12.7. The van der Waals surface area contributed by atoms with Crippen molar-refractivity contribution in [3.63, 3.8) is 0 Å². The van der Waals surface area contributed by atoms with Crippen molar-refractivity contribution < 1.29 is 9.21 Å². The average Bonchev–Trinajstić information content (AvgIpc) is 2.96. The highest BCUT2D eigenvalue weighted by Crippen LogP contribution is 2.18. The molecule has 3 aromatic rings. The van der Waals surface area contributed by atoms with E-state index in [2.05, 4.69) is 24.3 Å². The summed E-state index contributed by atoms with van der Waals surface area (Å²) in [7, 11) is 0. The Kier molecular flexibility index (Phi) is 3.38. The lowest BCUT2D eigenvalue weighted by molar-refractivity contribution is 0.0965. The molecule has 0 aliphatic heterocycles. The largest absolute Gasteiger partial charge is 0.458 e. The third-order valence-electron chi connectivity index (χ3n) is 3.46. The Labute approximate surface area is 118 Å². The van der Waals surface area contributed by atoms with Crippen LogP contribution in [0.15, 0.2) is 59.0 Å². The SMILES string of the molecule is CCc1ccc(C(=O)Cc2ccc3ccccc3c2)o1. The van der Waals surface area contributed by atoms with Crippen molar-refractivity contribution in [2.45, 2.75) is 19.8 Å². The summed E-state index contributed by atoms with van der Waals surface area (Å²) in [4.78, 5) is 12.2. The third-order valence-corrected chi connectivity index (χ3v) is 3.46. The number of furan rings is 1. The van der Waals surface area contributed by atoms with E-state index in [-0.39, 0.29) is 5.78 Å². The molecule has 100 valence electrons. The summed E-state index contributed by atoms with van der Waals surface area (Å²) in [6.07, 6.45) is 1.19. The molecule has 0 atom stereocenters. The Morgan fingerprint density at radius 2 is 1.80 bits per heavy atom. The minimum absolute atomic E-state index is 0.0278. The highest BCUT2D eigenvalue weighted by Gasteiger charge is 2.11. The van der Waals surface area contributed by atoms with Gasteiger partial charge in [0.2, 0.25) is 5.78 Å². The van der Waals surface area contributed by atoms with Crippen LogP contribution in [0, 0.1) is 0 Å². The highest BCUT2D eigenvalue weighted by molar-refractivity contribution is 5.95. The zero-order valence-corrected chi connectivity index (χ0v) is 11.4. The van der Waals surface area contributed by atoms with E-state index >= 15 is 0 Å². The quantitative estimate of drug-likeness (QED) is 0.653. The van der Waals surface area contributed by atoms with Crippen molar-refractivity contribution in [3.05, 3.63) is 71.7 Å². The van der Waals surface area contributed by atoms with Gasteiger partial charge in [-0.2, -0.15) is 0 Å². The molecule has 0 saturated heterocycles. The Balaban J connectivity index is 1.83. The highest BCUT2D eigenvalue weighted by atomic mass is 16.3. The van der Waals surface area contributed by atoms with Crippen LogP contribution < -0.4 is 0 Å². The standard InChI is InChI=1S/C18H16O2/c1-2-16-9-10-18(20-16)17(19)12-13-7-8-14-5-3-4-6-15(14)11-13/h3-11H,2,12H2,1H3. The van der Waals surface area contributed by atoms with E-state index in [1.165, 1.54) is 5.39 Å². The fourth-order valence-corrected chi connectivity index (χ4v) is 2.34. The zero-order chi connectivity index (χ0) is 13.9. The van der Waals surface area contributed by atoms with Crippen molar-refractivity contribution in [1.29, 1.82) is 0 Å². The zero-order valence-electron chi connectivity index (χ0n) is 11.4. The van der Waals surface area contributed by atoms with Crippen molar-refractivity contribution in [3.8, 4) is 0 Å². The van der Waals surface area contributed by atoms with Gasteiger partial charge in [-0.1, -0.05) is 49.4 Å². The lowest BCUT2D eigenvalue weighted by atomic mass is 10.0. The monoisotopic (exact) mass is 264 g/mol. The van der Waals surface area contributed by atoms with Crippen LogP contribution >= 0.6 is 0 Å². The van der Waals surface area contributed by atoms with Gasteiger partial charge in [0.05, 0.1) is 0 Å². The molecule has 0 N–H and O–H groups in total. The molecule has 1 heterocycles. The van der Waals surface area contributed by atoms with Crippen LogP contribution in [0.1, 0.15) is 28.8 Å². The molecule has 1 aromatic heterocycles. The first-order valence-electron chi connectivity index (χ1n) is 6.86. The smallest absolute Gasteiger partial charge is 0.202 e. The van der Waals surface area contributed by atoms with E-state index in [0.717, 1.165) is 23.1 Å². The molecule has 2 nitrogen and oxygen atoms in total. The molecule has 0 unspecified atom stereocenters. The molecular formula is C18H16O2. The maximum Gasteiger partial charge on any atom is 0.202 e. The van der Waals surface area contributed by atoms with Gasteiger partial charge in [0.15, 0.2) is 5.76 Å². The predicted molar refractivity (Wildman–Crippen MR) is 80.1 cm³/mol. The summed E-state index contributed by atoms with van der Waals surface area (Å²) in [5.41, 5.74) is 1.02. The molecule has 0 radical (unpaired) electrons. The molecule has 20 heavy (non-hydrogen) atoms. The van der Waals surface area contributed by atoms with Gasteiger partial charge in [0.1, 0.15) is 5.76 Å². The van der Waals surface area contributed by atoms with E-state index in [4.69, 9.17) is 4.42 Å². The Morgan fingerprint density at radius 3 is 2.55 bits per heavy atom. The van der Waals surface area contributed by atoms with E-state index in [0.29, 0.717) is 12.2 Å². The second-order valence-corrected chi connectivity index (χ2v) is 4.90. The molecule has 2 heteroatoms. The van der Waals surface area contributed by atoms with Crippen LogP contribution in [0.5, 0.6) is 0 Å². The first-order valence-corrected chi connectivity index (χ1v) is 6.86. The number of carbonyl (C=O) groups is 1. The summed E-state index contributed by atoms with van der Waals surface area (Å²) in [5.74, 6) is 1.34. The molecule has 0 amide bonds. The fourth-order valence-electron chi connectivity index (χ4n) is 2.34. The average molecular weight is 264 g/mol. The molecule has 0 spiro atoms. The maximum absolute atomic E-state index is 12.2. The predicted octanol–water partition coefficient (Wildman–Crippen LogP) is 4.42. The second kappa shape index (κ2) is 5.33. The number of benzene rings is 2. The van der Waals surface area contributed by atoms with Gasteiger partial charge >= 0.3 is 0 Å². The van der Waals surface area contributed by atoms with Crippen molar-refractivity contribution in [2.75, 3.05) is 0 Å². The van der Waals surface area contributed by atoms with Gasteiger partial charge in [0, 0.05) is 12.8 Å². The van der Waals surface area contributed by atoms with Crippen LogP contribution in [0.25, 0.3) is 10.8 Å². The summed E-state index contributed by atoms with van der Waals surface area (Å²) < 4.78 is 5.50. The van der Waals surface area contributed by atoms with E-state index in [9.17, 15) is 4.79 Å². The molecular weight excluding hydrogens is 248 g/mol. The Bertz CT molecular complexity index is 753. The van der Waals surface area contributed by atoms with Crippen LogP contribution in [-0.4, -0.2) is 5.78 Å². The van der Waals surface area contributed by atoms with Crippen molar-refractivity contribution in [1.82, 2.24) is 0 Å². The number of ketones is 1. The molecule has 0 bridgehead atoms. The molecule has 0 aliphatic carbocycles. The van der Waals surface area contributed by atoms with Crippen molar-refractivity contribution >= 4 is 16.6 Å². The number of aryl methyl sites for hydroxylation is 1. The number of hydrogen-bond donors (Lipinski definition) is 0. The van der Waals surface area contributed by atoms with Crippen molar-refractivity contribution in [2.24, 2.45) is 0 Å². The maximum atomic E-state index is 12.2. The lowest BCUT2D eigenvalue weighted by Gasteiger charge is -2.02. The summed E-state index contributed by atoms with van der Waals surface area (Å²) in [6.45, 7) is 2.01. The van der Waals surface area contributed by atoms with Crippen LogP contribution in [-0.2, 0) is 12.8 Å². The van der Waals surface area contributed by atoms with Gasteiger partial charge < -0.3 is 4.42 Å². The summed E-state index contributed by atoms with van der Waals surface area (Å²) >= 11 is 0. The van der Waals surface area contributed by atoms with E-state index in [1.807, 2.05) is 31.2 Å². The Morgan fingerprint density at radius 1 is 1.00 bits per heavy atom. The third kappa shape index (κ3) is 2.50. The summed E-state index contributed by atoms with van der Waals surface area (Å²) in [5, 5.41) is 2.35. The van der Waals surface area contributed by atoms with Crippen LogP contribution in [0.3, 0.4) is 0 Å². The van der Waals surface area contributed by atoms with Gasteiger partial charge in [-0.25, -0.2) is 0 Å². The minimum atomic E-state index is 0.0278. The molecule has 0 saturated carbocycles. The second-order valence-electron chi connectivity index (χ2n) is 4.90. The normalized spacial score (nSPS) is 10.8. The summed E-state index contributed by atoms with van der Waals surface area (Å²) in [6, 6.07) is 17.9. The molecule has 0 aliphatic rings. The molecule has 3 rings (SSSR count). The first-order chi connectivity index (χ1) is 9.76. The van der Waals surface area contributed by atoms with Gasteiger partial charge in [-0.3, -0.25) is 4.79 Å². The lowest BCUT2D eigenvalue weighted by Crippen LogP contribution is -2.02. The number of carbonyl (C=O) groups excluding carboxylic acids is 1. The van der Waals surface area contributed by atoms with E-state index in [1.54, 1.807) is 6.07 Å². The fraction of sp³-hybridized carbons (Fsp3) is 0.167. The van der Waals surface area contributed by atoms with Crippen LogP contribution in [0.4, 0.5) is 0 Å².